The normalized spacial score (nSPS) is 22.2. The lowest BCUT2D eigenvalue weighted by atomic mass is 9.68. The van der Waals surface area contributed by atoms with Crippen LogP contribution in [0.15, 0.2) is 42.5 Å². The van der Waals surface area contributed by atoms with Crippen molar-refractivity contribution in [3.05, 3.63) is 42.5 Å². The molecule has 0 saturated carbocycles. The molecule has 1 atom stereocenters. The molecule has 2 fully saturated rings. The molecule has 4 rings (SSSR count). The van der Waals surface area contributed by atoms with Crippen LogP contribution in [0.4, 0.5) is 0 Å². The SMILES string of the molecule is CC1(C)C(=O)NC1C1CCN(C(=O)COc2cccc3ccccc23)CC1. The number of nitrogens with one attached hydrogen (secondary N) is 1. The summed E-state index contributed by atoms with van der Waals surface area (Å²) in [7, 11) is 0. The van der Waals surface area contributed by atoms with Crippen molar-refractivity contribution < 1.29 is 14.3 Å². The Morgan fingerprint density at radius 2 is 1.85 bits per heavy atom. The monoisotopic (exact) mass is 366 g/mol. The maximum Gasteiger partial charge on any atom is 0.260 e. The maximum atomic E-state index is 12.6. The molecule has 0 bridgehead atoms. The van der Waals surface area contributed by atoms with Gasteiger partial charge in [0, 0.05) is 24.5 Å². The quantitative estimate of drug-likeness (QED) is 0.847. The molecule has 1 N–H and O–H groups in total. The summed E-state index contributed by atoms with van der Waals surface area (Å²) in [6, 6.07) is 14.1. The zero-order chi connectivity index (χ0) is 19.0. The highest BCUT2D eigenvalue weighted by Crippen LogP contribution is 2.38. The minimum atomic E-state index is -0.283. The van der Waals surface area contributed by atoms with E-state index in [1.165, 1.54) is 0 Å². The van der Waals surface area contributed by atoms with Crippen molar-refractivity contribution in [2.24, 2.45) is 11.3 Å². The second-order valence-corrected chi connectivity index (χ2v) is 8.16. The van der Waals surface area contributed by atoms with Crippen LogP contribution in [0.25, 0.3) is 10.8 Å². The summed E-state index contributed by atoms with van der Waals surface area (Å²) in [4.78, 5) is 26.2. The number of carbonyl (C=O) groups excluding carboxylic acids is 2. The number of ether oxygens (including phenoxy) is 1. The van der Waals surface area contributed by atoms with Gasteiger partial charge in [-0.2, -0.15) is 0 Å². The molecule has 142 valence electrons. The first-order valence-electron chi connectivity index (χ1n) is 9.66. The maximum absolute atomic E-state index is 12.6. The smallest absolute Gasteiger partial charge is 0.260 e. The molecule has 5 heteroatoms. The molecule has 2 aromatic rings. The molecule has 1 unspecified atom stereocenters. The van der Waals surface area contributed by atoms with Crippen molar-refractivity contribution in [3.8, 4) is 5.75 Å². The van der Waals surface area contributed by atoms with E-state index in [0.717, 1.165) is 42.5 Å². The van der Waals surface area contributed by atoms with Crippen molar-refractivity contribution in [1.82, 2.24) is 10.2 Å². The minimum absolute atomic E-state index is 0.0262. The fraction of sp³-hybridized carbons (Fsp3) is 0.455. The average molecular weight is 366 g/mol. The van der Waals surface area contributed by atoms with Crippen molar-refractivity contribution in [3.63, 3.8) is 0 Å². The van der Waals surface area contributed by atoms with Crippen LogP contribution < -0.4 is 10.1 Å². The number of benzene rings is 2. The van der Waals surface area contributed by atoms with Crippen LogP contribution in [-0.2, 0) is 9.59 Å². The molecule has 0 radical (unpaired) electrons. The summed E-state index contributed by atoms with van der Waals surface area (Å²) in [5, 5.41) is 5.17. The third-order valence-corrected chi connectivity index (χ3v) is 6.11. The fourth-order valence-electron chi connectivity index (χ4n) is 4.31. The lowest BCUT2D eigenvalue weighted by Gasteiger charge is -2.50. The van der Waals surface area contributed by atoms with Gasteiger partial charge in [0.25, 0.3) is 5.91 Å². The average Bonchev–Trinajstić information content (AvgIpc) is 2.70. The van der Waals surface area contributed by atoms with Gasteiger partial charge in [-0.3, -0.25) is 9.59 Å². The van der Waals surface area contributed by atoms with E-state index in [2.05, 4.69) is 5.32 Å². The zero-order valence-electron chi connectivity index (χ0n) is 15.9. The minimum Gasteiger partial charge on any atom is -0.483 e. The molecule has 0 aromatic heterocycles. The van der Waals surface area contributed by atoms with E-state index < -0.39 is 0 Å². The van der Waals surface area contributed by atoms with E-state index in [4.69, 9.17) is 4.74 Å². The molecule has 2 amide bonds. The summed E-state index contributed by atoms with van der Waals surface area (Å²) in [5.41, 5.74) is -0.283. The molecule has 2 aromatic carbocycles. The number of likely N-dealkylation sites (tertiary alicyclic amines) is 1. The van der Waals surface area contributed by atoms with E-state index in [9.17, 15) is 9.59 Å². The van der Waals surface area contributed by atoms with Crippen LogP contribution in [0, 0.1) is 11.3 Å². The van der Waals surface area contributed by atoms with Crippen molar-refractivity contribution in [2.75, 3.05) is 19.7 Å². The molecule has 2 heterocycles. The first-order chi connectivity index (χ1) is 13.0. The van der Waals surface area contributed by atoms with Crippen LogP contribution in [0.2, 0.25) is 0 Å². The van der Waals surface area contributed by atoms with Gasteiger partial charge in [-0.25, -0.2) is 0 Å². The Balaban J connectivity index is 1.32. The van der Waals surface area contributed by atoms with Crippen molar-refractivity contribution >= 4 is 22.6 Å². The number of nitrogens with zero attached hydrogens (tertiary/aromatic N) is 1. The molecular weight excluding hydrogens is 340 g/mol. The van der Waals surface area contributed by atoms with Crippen LogP contribution in [0.5, 0.6) is 5.75 Å². The number of fused-ring (bicyclic) bond motifs is 1. The molecule has 0 spiro atoms. The molecule has 0 aliphatic carbocycles. The fourth-order valence-corrected chi connectivity index (χ4v) is 4.31. The highest BCUT2D eigenvalue weighted by Gasteiger charge is 2.51. The summed E-state index contributed by atoms with van der Waals surface area (Å²) in [6.45, 7) is 5.53. The van der Waals surface area contributed by atoms with Gasteiger partial charge in [-0.1, -0.05) is 36.4 Å². The van der Waals surface area contributed by atoms with Crippen molar-refractivity contribution in [1.29, 1.82) is 0 Å². The van der Waals surface area contributed by atoms with Gasteiger partial charge >= 0.3 is 0 Å². The van der Waals surface area contributed by atoms with Crippen LogP contribution in [-0.4, -0.2) is 42.5 Å². The highest BCUT2D eigenvalue weighted by atomic mass is 16.5. The summed E-state index contributed by atoms with van der Waals surface area (Å²) < 4.78 is 5.84. The van der Waals surface area contributed by atoms with Crippen LogP contribution >= 0.6 is 0 Å². The molecule has 2 saturated heterocycles. The first-order valence-corrected chi connectivity index (χ1v) is 9.66. The van der Waals surface area contributed by atoms with Crippen molar-refractivity contribution in [2.45, 2.75) is 32.7 Å². The Morgan fingerprint density at radius 1 is 1.15 bits per heavy atom. The second kappa shape index (κ2) is 6.87. The first kappa shape index (κ1) is 17.8. The zero-order valence-corrected chi connectivity index (χ0v) is 15.9. The number of amides is 2. The Kier molecular flexibility index (Phi) is 4.54. The van der Waals surface area contributed by atoms with E-state index >= 15 is 0 Å². The predicted molar refractivity (Wildman–Crippen MR) is 104 cm³/mol. The number of carbonyl (C=O) groups is 2. The van der Waals surface area contributed by atoms with Gasteiger partial charge in [0.2, 0.25) is 5.91 Å². The van der Waals surface area contributed by atoms with Gasteiger partial charge in [-0.05, 0) is 44.1 Å². The third kappa shape index (κ3) is 3.27. The summed E-state index contributed by atoms with van der Waals surface area (Å²) >= 11 is 0. The Bertz CT molecular complexity index is 863. The van der Waals surface area contributed by atoms with Gasteiger partial charge in [0.05, 0.1) is 5.41 Å². The number of rotatable bonds is 4. The van der Waals surface area contributed by atoms with Gasteiger partial charge in [0.1, 0.15) is 5.75 Å². The Morgan fingerprint density at radius 3 is 2.56 bits per heavy atom. The molecule has 2 aliphatic rings. The lowest BCUT2D eigenvalue weighted by molar-refractivity contribution is -0.147. The standard InChI is InChI=1S/C22H26N2O3/c1-22(2)20(23-21(22)26)16-10-12-24(13-11-16)19(25)14-27-18-9-5-7-15-6-3-4-8-17(15)18/h3-9,16,20H,10-14H2,1-2H3,(H,23,26). The van der Waals surface area contributed by atoms with Crippen LogP contribution in [0.3, 0.4) is 0 Å². The van der Waals surface area contributed by atoms with E-state index in [-0.39, 0.29) is 29.9 Å². The topological polar surface area (TPSA) is 58.6 Å². The van der Waals surface area contributed by atoms with Crippen LogP contribution in [0.1, 0.15) is 26.7 Å². The number of hydrogen-bond donors (Lipinski definition) is 1. The van der Waals surface area contributed by atoms with E-state index in [1.807, 2.05) is 61.2 Å². The van der Waals surface area contributed by atoms with Gasteiger partial charge in [-0.15, -0.1) is 0 Å². The molecule has 2 aliphatic heterocycles. The molecule has 27 heavy (non-hydrogen) atoms. The molecular formula is C22H26N2O3. The summed E-state index contributed by atoms with van der Waals surface area (Å²) in [5.74, 6) is 1.35. The third-order valence-electron chi connectivity index (χ3n) is 6.11. The summed E-state index contributed by atoms with van der Waals surface area (Å²) in [6.07, 6.45) is 1.85. The number of piperidine rings is 1. The number of hydrogen-bond acceptors (Lipinski definition) is 3. The Labute approximate surface area is 159 Å². The highest BCUT2D eigenvalue weighted by molar-refractivity contribution is 5.89. The predicted octanol–water partition coefficient (Wildman–Crippen LogP) is 2.98. The number of β-lactam (4-membered cyclic amide) rings is 1. The Hall–Kier alpha value is -2.56. The van der Waals surface area contributed by atoms with Gasteiger partial charge in [0.15, 0.2) is 6.61 Å². The molecule has 5 nitrogen and oxygen atoms in total. The second-order valence-electron chi connectivity index (χ2n) is 8.16. The largest absolute Gasteiger partial charge is 0.483 e. The van der Waals surface area contributed by atoms with Gasteiger partial charge < -0.3 is 15.0 Å². The lowest BCUT2D eigenvalue weighted by Crippen LogP contribution is -2.68. The van der Waals surface area contributed by atoms with E-state index in [1.54, 1.807) is 0 Å². The van der Waals surface area contributed by atoms with E-state index in [0.29, 0.717) is 5.92 Å².